The summed E-state index contributed by atoms with van der Waals surface area (Å²) in [5, 5.41) is 7.90. The van der Waals surface area contributed by atoms with Gasteiger partial charge in [0.1, 0.15) is 5.75 Å². The maximum atomic E-state index is 12.5. The second-order valence-electron chi connectivity index (χ2n) is 6.41. The molecular formula is C17H23ClN4O3S. The number of hydrogen-bond acceptors (Lipinski definition) is 4. The van der Waals surface area contributed by atoms with Crippen LogP contribution >= 0.6 is 11.6 Å². The lowest BCUT2D eigenvalue weighted by molar-refractivity contribution is 0.320. The number of hydrogen-bond donors (Lipinski definition) is 1. The van der Waals surface area contributed by atoms with Crippen LogP contribution in [0.2, 0.25) is 5.02 Å². The Bertz CT molecular complexity index is 853. The van der Waals surface area contributed by atoms with E-state index in [0.29, 0.717) is 30.3 Å². The van der Waals surface area contributed by atoms with Gasteiger partial charge in [-0.25, -0.2) is 0 Å². The van der Waals surface area contributed by atoms with Gasteiger partial charge >= 0.3 is 0 Å². The minimum absolute atomic E-state index is 0.225. The third-order valence-electron chi connectivity index (χ3n) is 4.42. The molecule has 2 aromatic rings. The summed E-state index contributed by atoms with van der Waals surface area (Å²) >= 11 is 6.07. The van der Waals surface area contributed by atoms with Gasteiger partial charge in [0.15, 0.2) is 0 Å². The summed E-state index contributed by atoms with van der Waals surface area (Å²) in [6.07, 6.45) is 2.23. The van der Waals surface area contributed by atoms with Crippen LogP contribution in [0.15, 0.2) is 30.3 Å². The Morgan fingerprint density at radius 3 is 2.88 bits per heavy atom. The molecule has 9 heteroatoms. The van der Waals surface area contributed by atoms with Crippen LogP contribution in [0.3, 0.4) is 0 Å². The minimum Gasteiger partial charge on any atom is -0.492 e. The Morgan fingerprint density at radius 2 is 2.15 bits per heavy atom. The molecule has 0 bridgehead atoms. The highest BCUT2D eigenvalue weighted by Gasteiger charge is 2.37. The van der Waals surface area contributed by atoms with Crippen LogP contribution in [0.1, 0.15) is 30.3 Å². The molecule has 1 unspecified atom stereocenters. The molecule has 0 radical (unpaired) electrons. The fourth-order valence-electron chi connectivity index (χ4n) is 3.03. The molecule has 1 N–H and O–H groups in total. The minimum atomic E-state index is -3.45. The first kappa shape index (κ1) is 19.2. The molecule has 26 heavy (non-hydrogen) atoms. The summed E-state index contributed by atoms with van der Waals surface area (Å²) in [4.78, 5) is 0. The van der Waals surface area contributed by atoms with Crippen molar-refractivity contribution in [3.63, 3.8) is 0 Å². The number of rotatable bonds is 7. The standard InChI is InChI=1S/C17H23ClN4O3S/c1-21(2)26(23,24)22-10-5-7-16(22)15-12-13(19-20-15)9-11-25-17-8-4-3-6-14(17)18/h3-4,6,8,12,16H,5,7,9-11H2,1-2H3,(H,19,20). The molecule has 1 fully saturated rings. The van der Waals surface area contributed by atoms with E-state index < -0.39 is 10.2 Å². The van der Waals surface area contributed by atoms with E-state index in [9.17, 15) is 8.42 Å². The lowest BCUT2D eigenvalue weighted by atomic mass is 10.1. The Kier molecular flexibility index (Phi) is 5.86. The van der Waals surface area contributed by atoms with E-state index >= 15 is 0 Å². The fourth-order valence-corrected chi connectivity index (χ4v) is 4.54. The van der Waals surface area contributed by atoms with Crippen molar-refractivity contribution >= 4 is 21.8 Å². The predicted octanol–water partition coefficient (Wildman–Crippen LogP) is 2.63. The van der Waals surface area contributed by atoms with Crippen LogP contribution in [0.4, 0.5) is 0 Å². The number of benzene rings is 1. The second kappa shape index (κ2) is 7.96. The normalized spacial score (nSPS) is 18.5. The van der Waals surface area contributed by atoms with Crippen molar-refractivity contribution in [2.75, 3.05) is 27.2 Å². The zero-order chi connectivity index (χ0) is 18.7. The summed E-state index contributed by atoms with van der Waals surface area (Å²) < 4.78 is 33.4. The lowest BCUT2D eigenvalue weighted by Gasteiger charge is -2.25. The van der Waals surface area contributed by atoms with Crippen molar-refractivity contribution in [3.8, 4) is 5.75 Å². The lowest BCUT2D eigenvalue weighted by Crippen LogP contribution is -2.39. The van der Waals surface area contributed by atoms with Crippen molar-refractivity contribution in [1.82, 2.24) is 18.8 Å². The van der Waals surface area contributed by atoms with E-state index in [2.05, 4.69) is 10.2 Å². The highest BCUT2D eigenvalue weighted by Crippen LogP contribution is 2.34. The molecule has 1 aromatic carbocycles. The molecule has 1 aromatic heterocycles. The van der Waals surface area contributed by atoms with E-state index in [1.54, 1.807) is 20.2 Å². The molecule has 2 heterocycles. The Morgan fingerprint density at radius 1 is 1.38 bits per heavy atom. The number of halogens is 1. The van der Waals surface area contributed by atoms with Crippen molar-refractivity contribution in [3.05, 3.63) is 46.7 Å². The van der Waals surface area contributed by atoms with Crippen LogP contribution in [0, 0.1) is 0 Å². The van der Waals surface area contributed by atoms with E-state index in [1.807, 2.05) is 24.3 Å². The molecule has 0 saturated carbocycles. The zero-order valence-corrected chi connectivity index (χ0v) is 16.4. The van der Waals surface area contributed by atoms with E-state index in [4.69, 9.17) is 16.3 Å². The number of aromatic amines is 1. The number of H-pyrrole nitrogens is 1. The van der Waals surface area contributed by atoms with Gasteiger partial charge in [-0.3, -0.25) is 5.10 Å². The quantitative estimate of drug-likeness (QED) is 0.777. The Hall–Kier alpha value is -1.61. The second-order valence-corrected chi connectivity index (χ2v) is 8.91. The molecule has 0 aliphatic carbocycles. The molecule has 0 spiro atoms. The number of aromatic nitrogens is 2. The molecule has 7 nitrogen and oxygen atoms in total. The molecule has 1 saturated heterocycles. The average Bonchev–Trinajstić information content (AvgIpc) is 3.25. The first-order valence-corrected chi connectivity index (χ1v) is 10.3. The molecule has 1 aliphatic heterocycles. The van der Waals surface area contributed by atoms with Crippen LogP contribution in [0.25, 0.3) is 0 Å². The topological polar surface area (TPSA) is 78.5 Å². The van der Waals surface area contributed by atoms with Crippen molar-refractivity contribution < 1.29 is 13.2 Å². The van der Waals surface area contributed by atoms with E-state index in [1.165, 1.54) is 8.61 Å². The van der Waals surface area contributed by atoms with Gasteiger partial charge in [-0.05, 0) is 31.0 Å². The number of para-hydroxylation sites is 1. The average molecular weight is 399 g/mol. The molecule has 3 rings (SSSR count). The maximum absolute atomic E-state index is 12.5. The first-order valence-electron chi connectivity index (χ1n) is 8.50. The summed E-state index contributed by atoms with van der Waals surface area (Å²) in [5.41, 5.74) is 1.65. The van der Waals surface area contributed by atoms with E-state index in [-0.39, 0.29) is 6.04 Å². The van der Waals surface area contributed by atoms with Crippen LogP contribution < -0.4 is 4.74 Å². The summed E-state index contributed by atoms with van der Waals surface area (Å²) in [7, 11) is -0.352. The smallest absolute Gasteiger partial charge is 0.282 e. The van der Waals surface area contributed by atoms with Gasteiger partial charge in [-0.1, -0.05) is 23.7 Å². The van der Waals surface area contributed by atoms with Crippen LogP contribution in [-0.2, 0) is 16.6 Å². The highest BCUT2D eigenvalue weighted by molar-refractivity contribution is 7.86. The summed E-state index contributed by atoms with van der Waals surface area (Å²) in [6.45, 7) is 0.971. The highest BCUT2D eigenvalue weighted by atomic mass is 35.5. The van der Waals surface area contributed by atoms with E-state index in [0.717, 1.165) is 24.2 Å². The van der Waals surface area contributed by atoms with Gasteiger partial charge in [-0.15, -0.1) is 0 Å². The first-order chi connectivity index (χ1) is 12.4. The van der Waals surface area contributed by atoms with Crippen molar-refractivity contribution in [1.29, 1.82) is 0 Å². The molecule has 1 atom stereocenters. The summed E-state index contributed by atoms with van der Waals surface area (Å²) in [6, 6.07) is 9.02. The molecule has 142 valence electrons. The number of nitrogens with zero attached hydrogens (tertiary/aromatic N) is 3. The third kappa shape index (κ3) is 4.03. The zero-order valence-electron chi connectivity index (χ0n) is 14.9. The van der Waals surface area contributed by atoms with Gasteiger partial charge in [0.25, 0.3) is 10.2 Å². The monoisotopic (exact) mass is 398 g/mol. The number of ether oxygens (including phenoxy) is 1. The van der Waals surface area contributed by atoms with Gasteiger partial charge in [0.05, 0.1) is 23.4 Å². The predicted molar refractivity (Wildman–Crippen MR) is 101 cm³/mol. The summed E-state index contributed by atoms with van der Waals surface area (Å²) in [5.74, 6) is 0.646. The van der Waals surface area contributed by atoms with Crippen LogP contribution in [0.5, 0.6) is 5.75 Å². The maximum Gasteiger partial charge on any atom is 0.282 e. The van der Waals surface area contributed by atoms with Gasteiger partial charge < -0.3 is 4.74 Å². The SMILES string of the molecule is CN(C)S(=O)(=O)N1CCCC1c1cc(CCOc2ccccc2Cl)[nH]n1. The molecule has 1 aliphatic rings. The van der Waals surface area contributed by atoms with Gasteiger partial charge in [0, 0.05) is 32.8 Å². The van der Waals surface area contributed by atoms with Crippen molar-refractivity contribution in [2.45, 2.75) is 25.3 Å². The Labute approximate surface area is 159 Å². The largest absolute Gasteiger partial charge is 0.492 e. The molecular weight excluding hydrogens is 376 g/mol. The Balaban J connectivity index is 1.63. The van der Waals surface area contributed by atoms with Gasteiger partial charge in [-0.2, -0.15) is 22.1 Å². The third-order valence-corrected chi connectivity index (χ3v) is 6.68. The fraction of sp³-hybridized carbons (Fsp3) is 0.471. The molecule has 0 amide bonds. The number of nitrogens with one attached hydrogen (secondary N) is 1. The van der Waals surface area contributed by atoms with Gasteiger partial charge in [0.2, 0.25) is 0 Å². The van der Waals surface area contributed by atoms with Crippen LogP contribution in [-0.4, -0.2) is 54.5 Å². The van der Waals surface area contributed by atoms with Crippen molar-refractivity contribution in [2.24, 2.45) is 0 Å².